The molecular formula is C25H26N4O4. The van der Waals surface area contributed by atoms with Gasteiger partial charge < -0.3 is 10.6 Å². The van der Waals surface area contributed by atoms with E-state index in [-0.39, 0.29) is 18.7 Å². The summed E-state index contributed by atoms with van der Waals surface area (Å²) in [5.74, 6) is -1.93. The molecule has 3 heterocycles. The van der Waals surface area contributed by atoms with Crippen LogP contribution in [0.5, 0.6) is 0 Å². The van der Waals surface area contributed by atoms with Crippen LogP contribution in [0.2, 0.25) is 0 Å². The summed E-state index contributed by atoms with van der Waals surface area (Å²) in [6, 6.07) is 13.2. The lowest BCUT2D eigenvalue weighted by Gasteiger charge is -2.27. The molecule has 8 nitrogen and oxygen atoms in total. The number of amides is 4. The quantitative estimate of drug-likeness (QED) is 0.456. The number of hydrogen-bond acceptors (Lipinski definition) is 6. The molecule has 33 heavy (non-hydrogen) atoms. The van der Waals surface area contributed by atoms with Gasteiger partial charge in [-0.05, 0) is 54.6 Å². The highest BCUT2D eigenvalue weighted by Gasteiger charge is 2.44. The second-order valence-corrected chi connectivity index (χ2v) is 8.84. The Kier molecular flexibility index (Phi) is 5.78. The van der Waals surface area contributed by atoms with Gasteiger partial charge in [0.25, 0.3) is 11.8 Å². The van der Waals surface area contributed by atoms with Crippen molar-refractivity contribution in [3.8, 4) is 0 Å². The predicted octanol–water partition coefficient (Wildman–Crippen LogP) is 1.28. The molecule has 170 valence electrons. The summed E-state index contributed by atoms with van der Waals surface area (Å²) in [5.41, 5.74) is 4.30. The SMILES string of the molecule is O=C1CCC(N2C(=O)c3ccc(CNCCC4Cc5ccccc5CN4)cc3C2=O)C(=O)N1. The van der Waals surface area contributed by atoms with Gasteiger partial charge in [0.2, 0.25) is 11.8 Å². The summed E-state index contributed by atoms with van der Waals surface area (Å²) in [5, 5.41) is 9.22. The van der Waals surface area contributed by atoms with E-state index in [1.54, 1.807) is 12.1 Å². The Morgan fingerprint density at radius 3 is 2.58 bits per heavy atom. The summed E-state index contributed by atoms with van der Waals surface area (Å²) < 4.78 is 0. The van der Waals surface area contributed by atoms with Crippen LogP contribution in [-0.2, 0) is 29.1 Å². The van der Waals surface area contributed by atoms with Crippen molar-refractivity contribution in [1.29, 1.82) is 0 Å². The molecule has 3 aliphatic rings. The van der Waals surface area contributed by atoms with Crippen LogP contribution in [0.4, 0.5) is 0 Å². The molecule has 2 aromatic carbocycles. The fourth-order valence-corrected chi connectivity index (χ4v) is 4.86. The number of carbonyl (C=O) groups excluding carboxylic acids is 4. The number of imide groups is 2. The highest BCUT2D eigenvalue weighted by molar-refractivity contribution is 6.23. The third kappa shape index (κ3) is 4.19. The Morgan fingerprint density at radius 2 is 1.76 bits per heavy atom. The first-order valence-corrected chi connectivity index (χ1v) is 11.4. The van der Waals surface area contributed by atoms with Crippen LogP contribution in [0, 0.1) is 0 Å². The van der Waals surface area contributed by atoms with E-state index < -0.39 is 23.8 Å². The minimum atomic E-state index is -0.940. The first-order chi connectivity index (χ1) is 16.0. The summed E-state index contributed by atoms with van der Waals surface area (Å²) in [6.45, 7) is 2.30. The van der Waals surface area contributed by atoms with Gasteiger partial charge in [-0.15, -0.1) is 0 Å². The molecule has 8 heteroatoms. The van der Waals surface area contributed by atoms with Gasteiger partial charge in [0.05, 0.1) is 11.1 Å². The van der Waals surface area contributed by atoms with E-state index in [4.69, 9.17) is 0 Å². The molecule has 3 N–H and O–H groups in total. The largest absolute Gasteiger partial charge is 0.313 e. The zero-order valence-electron chi connectivity index (χ0n) is 18.2. The third-order valence-corrected chi connectivity index (χ3v) is 6.67. The minimum absolute atomic E-state index is 0.112. The van der Waals surface area contributed by atoms with Gasteiger partial charge in [-0.25, -0.2) is 0 Å². The number of fused-ring (bicyclic) bond motifs is 2. The van der Waals surface area contributed by atoms with Crippen molar-refractivity contribution in [2.75, 3.05) is 6.54 Å². The Hall–Kier alpha value is -3.36. The number of nitrogens with one attached hydrogen (secondary N) is 3. The van der Waals surface area contributed by atoms with Gasteiger partial charge in [-0.1, -0.05) is 30.3 Å². The van der Waals surface area contributed by atoms with Crippen molar-refractivity contribution < 1.29 is 19.2 Å². The Labute approximate surface area is 191 Å². The zero-order valence-corrected chi connectivity index (χ0v) is 18.2. The lowest BCUT2D eigenvalue weighted by atomic mass is 9.94. The number of rotatable bonds is 6. The Balaban J connectivity index is 1.17. The summed E-state index contributed by atoms with van der Waals surface area (Å²) in [7, 11) is 0. The molecule has 3 aliphatic heterocycles. The molecule has 4 amide bonds. The number of nitrogens with zero attached hydrogens (tertiary/aromatic N) is 1. The second kappa shape index (κ2) is 8.88. The van der Waals surface area contributed by atoms with Crippen LogP contribution >= 0.6 is 0 Å². The molecule has 2 atom stereocenters. The Morgan fingerprint density at radius 1 is 0.970 bits per heavy atom. The molecule has 0 radical (unpaired) electrons. The summed E-state index contributed by atoms with van der Waals surface area (Å²) in [6.07, 6.45) is 2.27. The first-order valence-electron chi connectivity index (χ1n) is 11.4. The van der Waals surface area contributed by atoms with E-state index in [9.17, 15) is 19.2 Å². The molecule has 5 rings (SSSR count). The molecule has 2 unspecified atom stereocenters. The van der Waals surface area contributed by atoms with Gasteiger partial charge in [0.1, 0.15) is 6.04 Å². The van der Waals surface area contributed by atoms with Gasteiger partial charge in [-0.2, -0.15) is 0 Å². The average Bonchev–Trinajstić information content (AvgIpc) is 3.06. The van der Waals surface area contributed by atoms with Crippen LogP contribution in [0.25, 0.3) is 0 Å². The first kappa shape index (κ1) is 21.5. The predicted molar refractivity (Wildman–Crippen MR) is 120 cm³/mol. The monoisotopic (exact) mass is 446 g/mol. The maximum absolute atomic E-state index is 12.9. The van der Waals surface area contributed by atoms with Crippen molar-refractivity contribution in [3.63, 3.8) is 0 Å². The number of piperidine rings is 1. The topological polar surface area (TPSA) is 108 Å². The standard InChI is InChI=1S/C25H26N4O4/c30-22-8-7-21(23(31)28-22)29-24(32)19-6-5-15(11-20(19)25(29)33)13-26-10-9-18-12-16-3-1-2-4-17(16)14-27-18/h1-6,11,18,21,26-27H,7-10,12-14H2,(H,28,30,31). The fraction of sp³-hybridized carbons (Fsp3) is 0.360. The number of carbonyl (C=O) groups is 4. The fourth-order valence-electron chi connectivity index (χ4n) is 4.86. The number of benzene rings is 2. The molecule has 0 aliphatic carbocycles. The van der Waals surface area contributed by atoms with E-state index in [0.717, 1.165) is 36.4 Å². The molecular weight excluding hydrogens is 420 g/mol. The maximum Gasteiger partial charge on any atom is 0.262 e. The summed E-state index contributed by atoms with van der Waals surface area (Å²) >= 11 is 0. The lowest BCUT2D eigenvalue weighted by molar-refractivity contribution is -0.136. The normalized spacial score (nSPS) is 22.2. The molecule has 0 bridgehead atoms. The van der Waals surface area contributed by atoms with Crippen LogP contribution in [0.15, 0.2) is 42.5 Å². The Bertz CT molecular complexity index is 1140. The minimum Gasteiger partial charge on any atom is -0.313 e. The number of hydrogen-bond donors (Lipinski definition) is 3. The van der Waals surface area contributed by atoms with Crippen molar-refractivity contribution in [3.05, 3.63) is 70.3 Å². The third-order valence-electron chi connectivity index (χ3n) is 6.67. The smallest absolute Gasteiger partial charge is 0.262 e. The van der Waals surface area contributed by atoms with Crippen molar-refractivity contribution in [2.45, 2.75) is 50.9 Å². The van der Waals surface area contributed by atoms with Crippen LogP contribution in [0.1, 0.15) is 56.7 Å². The molecule has 0 spiro atoms. The van der Waals surface area contributed by atoms with Crippen LogP contribution < -0.4 is 16.0 Å². The molecule has 2 aromatic rings. The zero-order chi connectivity index (χ0) is 22.9. The van der Waals surface area contributed by atoms with Gasteiger partial charge >= 0.3 is 0 Å². The van der Waals surface area contributed by atoms with E-state index in [0.29, 0.717) is 23.7 Å². The second-order valence-electron chi connectivity index (χ2n) is 8.84. The van der Waals surface area contributed by atoms with Gasteiger partial charge in [0.15, 0.2) is 0 Å². The molecule has 0 aromatic heterocycles. The molecule has 1 fully saturated rings. The van der Waals surface area contributed by atoms with Crippen LogP contribution in [-0.4, -0.2) is 47.2 Å². The molecule has 1 saturated heterocycles. The van der Waals surface area contributed by atoms with Crippen molar-refractivity contribution >= 4 is 23.6 Å². The van der Waals surface area contributed by atoms with E-state index in [1.165, 1.54) is 11.1 Å². The highest BCUT2D eigenvalue weighted by Crippen LogP contribution is 2.28. The average molecular weight is 447 g/mol. The van der Waals surface area contributed by atoms with Gasteiger partial charge in [0, 0.05) is 25.6 Å². The van der Waals surface area contributed by atoms with Crippen molar-refractivity contribution in [2.24, 2.45) is 0 Å². The van der Waals surface area contributed by atoms with Crippen molar-refractivity contribution in [1.82, 2.24) is 20.9 Å². The lowest BCUT2D eigenvalue weighted by Crippen LogP contribution is -2.54. The molecule has 0 saturated carbocycles. The summed E-state index contributed by atoms with van der Waals surface area (Å²) in [4.78, 5) is 50.3. The van der Waals surface area contributed by atoms with Gasteiger partial charge in [-0.3, -0.25) is 29.4 Å². The van der Waals surface area contributed by atoms with E-state index in [2.05, 4.69) is 40.2 Å². The van der Waals surface area contributed by atoms with Crippen LogP contribution in [0.3, 0.4) is 0 Å². The highest BCUT2D eigenvalue weighted by atomic mass is 16.2. The van der Waals surface area contributed by atoms with E-state index in [1.807, 2.05) is 6.07 Å². The van der Waals surface area contributed by atoms with E-state index >= 15 is 0 Å². The maximum atomic E-state index is 12.9.